The standard InChI is InChI=1S/C16H19BrF3NO4/c1-23-15(22)11-4-6-21(7-5-11)8-9-24-12-2-3-13(17)14(10-12)25-16(18,19)20/h2-3,10-11H,4-9H2,1H3. The van der Waals surface area contributed by atoms with Crippen LogP contribution >= 0.6 is 15.9 Å². The second-order valence-electron chi connectivity index (χ2n) is 5.63. The molecule has 5 nitrogen and oxygen atoms in total. The fourth-order valence-electron chi connectivity index (χ4n) is 2.63. The van der Waals surface area contributed by atoms with Crippen LogP contribution in [0, 0.1) is 5.92 Å². The molecule has 0 aromatic heterocycles. The molecule has 1 aliphatic heterocycles. The van der Waals surface area contributed by atoms with Gasteiger partial charge < -0.3 is 14.2 Å². The largest absolute Gasteiger partial charge is 0.573 e. The molecule has 1 heterocycles. The summed E-state index contributed by atoms with van der Waals surface area (Å²) >= 11 is 3.01. The van der Waals surface area contributed by atoms with E-state index in [0.717, 1.165) is 25.9 Å². The van der Waals surface area contributed by atoms with Crippen LogP contribution in [-0.2, 0) is 9.53 Å². The van der Waals surface area contributed by atoms with Gasteiger partial charge in [0.2, 0.25) is 0 Å². The molecule has 0 bridgehead atoms. The second-order valence-corrected chi connectivity index (χ2v) is 6.48. The fourth-order valence-corrected chi connectivity index (χ4v) is 2.96. The zero-order valence-electron chi connectivity index (χ0n) is 13.6. The van der Waals surface area contributed by atoms with Gasteiger partial charge in [0.15, 0.2) is 0 Å². The van der Waals surface area contributed by atoms with Gasteiger partial charge in [-0.2, -0.15) is 0 Å². The smallest absolute Gasteiger partial charge is 0.492 e. The first-order chi connectivity index (χ1) is 11.8. The van der Waals surface area contributed by atoms with E-state index in [1.54, 1.807) is 6.07 Å². The highest BCUT2D eigenvalue weighted by molar-refractivity contribution is 9.10. The summed E-state index contributed by atoms with van der Waals surface area (Å²) < 4.78 is 51.4. The summed E-state index contributed by atoms with van der Waals surface area (Å²) in [5.74, 6) is -0.283. The molecule has 140 valence electrons. The minimum Gasteiger partial charge on any atom is -0.492 e. The minimum atomic E-state index is -4.76. The SMILES string of the molecule is COC(=O)C1CCN(CCOc2ccc(Br)c(OC(F)(F)F)c2)CC1. The van der Waals surface area contributed by atoms with Crippen LogP contribution in [0.15, 0.2) is 22.7 Å². The maximum atomic E-state index is 12.3. The number of likely N-dealkylation sites (tertiary alicyclic amines) is 1. The molecule has 0 aliphatic carbocycles. The van der Waals surface area contributed by atoms with Gasteiger partial charge >= 0.3 is 12.3 Å². The number of halogens is 4. The third-order valence-electron chi connectivity index (χ3n) is 3.93. The van der Waals surface area contributed by atoms with Crippen molar-refractivity contribution < 1.29 is 32.2 Å². The van der Waals surface area contributed by atoms with Gasteiger partial charge in [0.25, 0.3) is 0 Å². The Morgan fingerprint density at radius 2 is 2.00 bits per heavy atom. The quantitative estimate of drug-likeness (QED) is 0.651. The monoisotopic (exact) mass is 425 g/mol. The van der Waals surface area contributed by atoms with Crippen LogP contribution in [0.1, 0.15) is 12.8 Å². The third-order valence-corrected chi connectivity index (χ3v) is 4.58. The molecule has 9 heteroatoms. The molecular weight excluding hydrogens is 407 g/mol. The van der Waals surface area contributed by atoms with Crippen LogP contribution in [0.5, 0.6) is 11.5 Å². The Morgan fingerprint density at radius 1 is 1.32 bits per heavy atom. The van der Waals surface area contributed by atoms with Crippen LogP contribution in [0.2, 0.25) is 0 Å². The Kier molecular flexibility index (Phi) is 6.95. The van der Waals surface area contributed by atoms with Gasteiger partial charge in [0, 0.05) is 12.6 Å². The molecule has 0 N–H and O–H groups in total. The van der Waals surface area contributed by atoms with Crippen molar-refractivity contribution in [2.24, 2.45) is 5.92 Å². The number of esters is 1. The van der Waals surface area contributed by atoms with Gasteiger partial charge in [0.05, 0.1) is 17.5 Å². The number of benzene rings is 1. The first-order valence-electron chi connectivity index (χ1n) is 7.77. The van der Waals surface area contributed by atoms with E-state index in [4.69, 9.17) is 9.47 Å². The predicted molar refractivity (Wildman–Crippen MR) is 87.5 cm³/mol. The maximum Gasteiger partial charge on any atom is 0.573 e. The van der Waals surface area contributed by atoms with Gasteiger partial charge in [-0.25, -0.2) is 0 Å². The van der Waals surface area contributed by atoms with Gasteiger partial charge in [-0.15, -0.1) is 13.2 Å². The van der Waals surface area contributed by atoms with E-state index >= 15 is 0 Å². The van der Waals surface area contributed by atoms with Crippen molar-refractivity contribution in [1.29, 1.82) is 0 Å². The number of carbonyl (C=O) groups excluding carboxylic acids is 1. The third kappa shape index (κ3) is 6.39. The predicted octanol–water partition coefficient (Wildman–Crippen LogP) is 3.61. The highest BCUT2D eigenvalue weighted by Gasteiger charge is 2.32. The van der Waals surface area contributed by atoms with Crippen molar-refractivity contribution in [2.75, 3.05) is 33.4 Å². The molecule has 1 saturated heterocycles. The average Bonchev–Trinajstić information content (AvgIpc) is 2.56. The lowest BCUT2D eigenvalue weighted by Crippen LogP contribution is -2.38. The van der Waals surface area contributed by atoms with E-state index in [1.165, 1.54) is 19.2 Å². The molecule has 1 aliphatic rings. The molecule has 2 rings (SSSR count). The molecular formula is C16H19BrF3NO4. The fraction of sp³-hybridized carbons (Fsp3) is 0.562. The van der Waals surface area contributed by atoms with Crippen molar-refractivity contribution in [3.05, 3.63) is 22.7 Å². The summed E-state index contributed by atoms with van der Waals surface area (Å²) in [7, 11) is 1.39. The summed E-state index contributed by atoms with van der Waals surface area (Å²) in [5, 5.41) is 0. The maximum absolute atomic E-state index is 12.3. The zero-order valence-corrected chi connectivity index (χ0v) is 15.2. The molecule has 1 fully saturated rings. The number of carbonyl (C=O) groups is 1. The number of ether oxygens (including phenoxy) is 3. The van der Waals surface area contributed by atoms with Gasteiger partial charge in [-0.3, -0.25) is 9.69 Å². The highest BCUT2D eigenvalue weighted by Crippen LogP contribution is 2.33. The van der Waals surface area contributed by atoms with E-state index in [2.05, 4.69) is 25.6 Å². The van der Waals surface area contributed by atoms with Crippen LogP contribution in [0.4, 0.5) is 13.2 Å². The number of hydrogen-bond donors (Lipinski definition) is 0. The van der Waals surface area contributed by atoms with E-state index in [-0.39, 0.29) is 22.1 Å². The van der Waals surface area contributed by atoms with E-state index in [1.807, 2.05) is 0 Å². The van der Waals surface area contributed by atoms with Gasteiger partial charge in [-0.1, -0.05) is 0 Å². The Morgan fingerprint density at radius 3 is 2.60 bits per heavy atom. The van der Waals surface area contributed by atoms with Crippen LogP contribution in [0.3, 0.4) is 0 Å². The molecule has 0 atom stereocenters. The van der Waals surface area contributed by atoms with Crippen molar-refractivity contribution in [1.82, 2.24) is 4.90 Å². The number of piperidine rings is 1. The lowest BCUT2D eigenvalue weighted by Gasteiger charge is -2.30. The van der Waals surface area contributed by atoms with Crippen LogP contribution in [0.25, 0.3) is 0 Å². The first kappa shape index (κ1) is 19.8. The number of nitrogens with zero attached hydrogens (tertiary/aromatic N) is 1. The van der Waals surface area contributed by atoms with Crippen molar-refractivity contribution in [2.45, 2.75) is 19.2 Å². The number of methoxy groups -OCH3 is 1. The Hall–Kier alpha value is -1.48. The highest BCUT2D eigenvalue weighted by atomic mass is 79.9. The van der Waals surface area contributed by atoms with Crippen molar-refractivity contribution in [3.63, 3.8) is 0 Å². The Labute approximate surface area is 152 Å². The van der Waals surface area contributed by atoms with E-state index < -0.39 is 6.36 Å². The van der Waals surface area contributed by atoms with E-state index in [9.17, 15) is 18.0 Å². The molecule has 25 heavy (non-hydrogen) atoms. The van der Waals surface area contributed by atoms with E-state index in [0.29, 0.717) is 18.9 Å². The molecule has 0 spiro atoms. The summed E-state index contributed by atoms with van der Waals surface area (Å²) in [6.45, 7) is 2.47. The van der Waals surface area contributed by atoms with Crippen molar-refractivity contribution >= 4 is 21.9 Å². The molecule has 0 amide bonds. The summed E-state index contributed by atoms with van der Waals surface area (Å²) in [4.78, 5) is 13.6. The van der Waals surface area contributed by atoms with Gasteiger partial charge in [-0.05, 0) is 54.0 Å². The Bertz CT molecular complexity index is 589. The normalized spacial score (nSPS) is 16.5. The molecule has 0 unspecified atom stereocenters. The van der Waals surface area contributed by atoms with Crippen molar-refractivity contribution in [3.8, 4) is 11.5 Å². The zero-order chi connectivity index (χ0) is 18.4. The lowest BCUT2D eigenvalue weighted by atomic mass is 9.97. The first-order valence-corrected chi connectivity index (χ1v) is 8.56. The topological polar surface area (TPSA) is 48.0 Å². The molecule has 0 radical (unpaired) electrons. The lowest BCUT2D eigenvalue weighted by molar-refractivity contribution is -0.274. The summed E-state index contributed by atoms with van der Waals surface area (Å²) in [6, 6.07) is 4.20. The number of alkyl halides is 3. The molecule has 0 saturated carbocycles. The van der Waals surface area contributed by atoms with Crippen LogP contribution in [-0.4, -0.2) is 50.6 Å². The Balaban J connectivity index is 1.79. The second kappa shape index (κ2) is 8.75. The number of hydrogen-bond acceptors (Lipinski definition) is 5. The van der Waals surface area contributed by atoms with Gasteiger partial charge in [0.1, 0.15) is 18.1 Å². The summed E-state index contributed by atoms with van der Waals surface area (Å²) in [6.07, 6.45) is -3.30. The molecule has 1 aromatic carbocycles. The average molecular weight is 426 g/mol. The minimum absolute atomic E-state index is 0.0595. The number of rotatable bonds is 6. The summed E-state index contributed by atoms with van der Waals surface area (Å²) in [5.41, 5.74) is 0. The molecule has 1 aromatic rings. The van der Waals surface area contributed by atoms with Crippen LogP contribution < -0.4 is 9.47 Å².